The number of hydrogen-bond acceptors (Lipinski definition) is 4. The topological polar surface area (TPSA) is 59.2 Å². The summed E-state index contributed by atoms with van der Waals surface area (Å²) in [6.45, 7) is 6.38. The van der Waals surface area contributed by atoms with Crippen LogP contribution in [0.15, 0.2) is 4.52 Å². The van der Waals surface area contributed by atoms with Crippen LogP contribution in [0.3, 0.4) is 0 Å². The Morgan fingerprint density at radius 3 is 2.88 bits per heavy atom. The van der Waals surface area contributed by atoms with Crippen molar-refractivity contribution in [3.63, 3.8) is 0 Å². The Labute approximate surface area is 96.1 Å². The van der Waals surface area contributed by atoms with E-state index in [0.29, 0.717) is 24.1 Å². The summed E-state index contributed by atoms with van der Waals surface area (Å²) >= 11 is 0. The number of nitrogens with zero attached hydrogens (tertiary/aromatic N) is 2. The predicted octanol–water partition coefficient (Wildman–Crippen LogP) is 2.81. The number of hydrogen-bond donors (Lipinski definition) is 1. The molecule has 1 aromatic rings. The third-order valence-electron chi connectivity index (χ3n) is 3.70. The van der Waals surface area contributed by atoms with E-state index in [1.54, 1.807) is 0 Å². The van der Waals surface area contributed by atoms with E-state index in [2.05, 4.69) is 24.0 Å². The molecule has 1 aliphatic carbocycles. The molecule has 1 heterocycles. The summed E-state index contributed by atoms with van der Waals surface area (Å²) < 4.78 is 5.29. The highest BCUT2D eigenvalue weighted by Crippen LogP contribution is 2.48. The van der Waals surface area contributed by atoms with Gasteiger partial charge in [-0.05, 0) is 24.7 Å². The van der Waals surface area contributed by atoms with Gasteiger partial charge in [0.25, 0.3) is 0 Å². The van der Waals surface area contributed by atoms with Gasteiger partial charge in [0.2, 0.25) is 5.89 Å². The highest BCUT2D eigenvalue weighted by Gasteiger charge is 2.39. The average Bonchev–Trinajstić information content (AvgIpc) is 2.82. The van der Waals surface area contributed by atoms with E-state index in [1.165, 1.54) is 12.8 Å². The lowest BCUT2D eigenvalue weighted by molar-refractivity contribution is 0.159. The summed E-state index contributed by atoms with van der Waals surface area (Å²) in [6, 6.07) is 0. The van der Waals surface area contributed by atoms with Gasteiger partial charge in [-0.15, -0.1) is 0 Å². The molecule has 0 bridgehead atoms. The van der Waals surface area contributed by atoms with Crippen LogP contribution in [0, 0.1) is 5.41 Å². The molecule has 0 radical (unpaired) electrons. The number of aliphatic hydroxyl groups is 1. The van der Waals surface area contributed by atoms with E-state index in [9.17, 15) is 5.11 Å². The van der Waals surface area contributed by atoms with Crippen molar-refractivity contribution >= 4 is 0 Å². The molecule has 1 aliphatic rings. The van der Waals surface area contributed by atoms with Crippen LogP contribution in [-0.4, -0.2) is 15.2 Å². The lowest BCUT2D eigenvalue weighted by Gasteiger charge is -2.23. The quantitative estimate of drug-likeness (QED) is 0.857. The maximum Gasteiger partial charge on any atom is 0.230 e. The molecule has 1 fully saturated rings. The van der Waals surface area contributed by atoms with Crippen LogP contribution in [0.5, 0.6) is 0 Å². The highest BCUT2D eigenvalue weighted by molar-refractivity contribution is 5.04. The van der Waals surface area contributed by atoms with Crippen LogP contribution >= 0.6 is 0 Å². The van der Waals surface area contributed by atoms with Gasteiger partial charge in [-0.3, -0.25) is 0 Å². The van der Waals surface area contributed by atoms with Gasteiger partial charge in [0, 0.05) is 5.92 Å². The van der Waals surface area contributed by atoms with E-state index in [0.717, 1.165) is 6.42 Å². The van der Waals surface area contributed by atoms with Crippen molar-refractivity contribution in [3.8, 4) is 0 Å². The zero-order valence-corrected chi connectivity index (χ0v) is 10.2. The van der Waals surface area contributed by atoms with E-state index < -0.39 is 6.10 Å². The van der Waals surface area contributed by atoms with Gasteiger partial charge in [-0.25, -0.2) is 0 Å². The largest absolute Gasteiger partial charge is 0.385 e. The third kappa shape index (κ3) is 1.98. The molecule has 1 saturated carbocycles. The SMILES string of the molecule is CCC(O)c1noc(C2CCCC2(C)C)n1. The minimum absolute atomic E-state index is 0.237. The second-order valence-corrected chi connectivity index (χ2v) is 5.35. The average molecular weight is 224 g/mol. The highest BCUT2D eigenvalue weighted by atomic mass is 16.5. The summed E-state index contributed by atoms with van der Waals surface area (Å²) in [5.74, 6) is 1.48. The second-order valence-electron chi connectivity index (χ2n) is 5.35. The smallest absolute Gasteiger partial charge is 0.230 e. The van der Waals surface area contributed by atoms with Crippen molar-refractivity contribution in [2.24, 2.45) is 5.41 Å². The molecule has 90 valence electrons. The first-order chi connectivity index (χ1) is 7.54. The lowest BCUT2D eigenvalue weighted by atomic mass is 9.82. The molecular weight excluding hydrogens is 204 g/mol. The molecule has 2 atom stereocenters. The molecule has 0 saturated heterocycles. The summed E-state index contributed by atoms with van der Waals surface area (Å²) in [5, 5.41) is 13.5. The van der Waals surface area contributed by atoms with E-state index in [1.807, 2.05) is 6.92 Å². The van der Waals surface area contributed by atoms with Crippen molar-refractivity contribution in [1.82, 2.24) is 10.1 Å². The molecule has 0 amide bonds. The van der Waals surface area contributed by atoms with Gasteiger partial charge in [0.15, 0.2) is 5.82 Å². The Hall–Kier alpha value is -0.900. The van der Waals surface area contributed by atoms with E-state index >= 15 is 0 Å². The monoisotopic (exact) mass is 224 g/mol. The minimum atomic E-state index is -0.595. The first-order valence-electron chi connectivity index (χ1n) is 6.06. The molecule has 1 aromatic heterocycles. The molecule has 2 unspecified atom stereocenters. The Balaban J connectivity index is 2.19. The lowest BCUT2D eigenvalue weighted by Crippen LogP contribution is -2.15. The van der Waals surface area contributed by atoms with Gasteiger partial charge in [-0.1, -0.05) is 32.3 Å². The first-order valence-corrected chi connectivity index (χ1v) is 6.06. The molecule has 2 rings (SSSR count). The van der Waals surface area contributed by atoms with Crippen molar-refractivity contribution in [2.75, 3.05) is 0 Å². The van der Waals surface area contributed by atoms with E-state index in [4.69, 9.17) is 4.52 Å². The van der Waals surface area contributed by atoms with Gasteiger partial charge < -0.3 is 9.63 Å². The molecule has 0 aromatic carbocycles. The second kappa shape index (κ2) is 4.17. The van der Waals surface area contributed by atoms with Crippen molar-refractivity contribution < 1.29 is 9.63 Å². The third-order valence-corrected chi connectivity index (χ3v) is 3.70. The first kappa shape index (κ1) is 11.6. The van der Waals surface area contributed by atoms with Crippen molar-refractivity contribution in [2.45, 2.75) is 58.5 Å². The summed E-state index contributed by atoms with van der Waals surface area (Å²) in [6.07, 6.45) is 3.54. The molecule has 4 nitrogen and oxygen atoms in total. The summed E-state index contributed by atoms with van der Waals surface area (Å²) in [7, 11) is 0. The number of rotatable bonds is 3. The fourth-order valence-corrected chi connectivity index (χ4v) is 2.49. The Morgan fingerprint density at radius 2 is 2.31 bits per heavy atom. The van der Waals surface area contributed by atoms with Crippen molar-refractivity contribution in [1.29, 1.82) is 0 Å². The molecule has 4 heteroatoms. The maximum atomic E-state index is 9.63. The maximum absolute atomic E-state index is 9.63. The number of aromatic nitrogens is 2. The van der Waals surface area contributed by atoms with Crippen LogP contribution in [0.25, 0.3) is 0 Å². The van der Waals surface area contributed by atoms with Gasteiger partial charge in [0.1, 0.15) is 6.10 Å². The fraction of sp³-hybridized carbons (Fsp3) is 0.833. The van der Waals surface area contributed by atoms with Gasteiger partial charge >= 0.3 is 0 Å². The molecular formula is C12H20N2O2. The van der Waals surface area contributed by atoms with Gasteiger partial charge in [0.05, 0.1) is 0 Å². The van der Waals surface area contributed by atoms with Crippen LogP contribution in [0.1, 0.15) is 70.2 Å². The van der Waals surface area contributed by atoms with E-state index in [-0.39, 0.29) is 5.41 Å². The zero-order valence-electron chi connectivity index (χ0n) is 10.2. The van der Waals surface area contributed by atoms with Crippen LogP contribution in [0.4, 0.5) is 0 Å². The fourth-order valence-electron chi connectivity index (χ4n) is 2.49. The Kier molecular flexibility index (Phi) is 3.02. The Morgan fingerprint density at radius 1 is 1.56 bits per heavy atom. The van der Waals surface area contributed by atoms with Crippen LogP contribution in [-0.2, 0) is 0 Å². The minimum Gasteiger partial charge on any atom is -0.385 e. The molecule has 0 aliphatic heterocycles. The number of aliphatic hydroxyl groups excluding tert-OH is 1. The Bertz CT molecular complexity index is 360. The molecule has 1 N–H and O–H groups in total. The standard InChI is InChI=1S/C12H20N2O2/c1-4-9(15)10-13-11(16-14-10)8-6-5-7-12(8,2)3/h8-9,15H,4-7H2,1-3H3. The van der Waals surface area contributed by atoms with Gasteiger partial charge in [-0.2, -0.15) is 4.98 Å². The normalized spacial score (nSPS) is 25.9. The predicted molar refractivity (Wildman–Crippen MR) is 59.9 cm³/mol. The summed E-state index contributed by atoms with van der Waals surface area (Å²) in [5.41, 5.74) is 0.237. The van der Waals surface area contributed by atoms with Crippen LogP contribution < -0.4 is 0 Å². The van der Waals surface area contributed by atoms with Crippen molar-refractivity contribution in [3.05, 3.63) is 11.7 Å². The molecule has 16 heavy (non-hydrogen) atoms. The summed E-state index contributed by atoms with van der Waals surface area (Å²) in [4.78, 5) is 4.33. The molecule has 0 spiro atoms. The van der Waals surface area contributed by atoms with Crippen LogP contribution in [0.2, 0.25) is 0 Å². The zero-order chi connectivity index (χ0) is 11.8.